The molecule has 1 fully saturated rings. The predicted molar refractivity (Wildman–Crippen MR) is 135 cm³/mol. The lowest BCUT2D eigenvalue weighted by atomic mass is 10.2. The maximum Gasteiger partial charge on any atom is 0.246 e. The van der Waals surface area contributed by atoms with Gasteiger partial charge in [0.15, 0.2) is 11.5 Å². The molecule has 1 N–H and O–H groups in total. The molecule has 3 heterocycles. The van der Waals surface area contributed by atoms with E-state index in [1.165, 1.54) is 11.0 Å². The zero-order valence-corrected chi connectivity index (χ0v) is 20.9. The van der Waals surface area contributed by atoms with E-state index >= 15 is 0 Å². The molecule has 5 rings (SSSR count). The van der Waals surface area contributed by atoms with Crippen LogP contribution >= 0.6 is 0 Å². The molecule has 0 aliphatic carbocycles. The average molecular weight is 505 g/mol. The predicted octanol–water partition coefficient (Wildman–Crippen LogP) is 3.95. The van der Waals surface area contributed by atoms with Gasteiger partial charge in [0.1, 0.15) is 24.7 Å². The number of aromatic nitrogens is 5. The van der Waals surface area contributed by atoms with Crippen molar-refractivity contribution in [2.75, 3.05) is 25.6 Å². The number of anilines is 1. The Morgan fingerprint density at radius 1 is 1.19 bits per heavy atom. The van der Waals surface area contributed by atoms with E-state index in [0.717, 1.165) is 12.1 Å². The van der Waals surface area contributed by atoms with Crippen molar-refractivity contribution < 1.29 is 23.7 Å². The molecule has 1 aliphatic rings. The highest BCUT2D eigenvalue weighted by molar-refractivity contribution is 5.90. The van der Waals surface area contributed by atoms with Gasteiger partial charge in [0.05, 0.1) is 36.9 Å². The van der Waals surface area contributed by atoms with Gasteiger partial charge in [-0.1, -0.05) is 19.1 Å². The van der Waals surface area contributed by atoms with Gasteiger partial charge < -0.3 is 24.3 Å². The number of benzene rings is 2. The minimum Gasteiger partial charge on any atom is -0.493 e. The maximum atomic E-state index is 12.4. The Kier molecular flexibility index (Phi) is 7.13. The largest absolute Gasteiger partial charge is 0.493 e. The highest BCUT2D eigenvalue weighted by atomic mass is 16.6. The fourth-order valence-corrected chi connectivity index (χ4v) is 3.88. The first-order chi connectivity index (χ1) is 18.0. The van der Waals surface area contributed by atoms with Crippen LogP contribution in [-0.4, -0.2) is 57.3 Å². The van der Waals surface area contributed by atoms with Gasteiger partial charge in [0.2, 0.25) is 11.8 Å². The van der Waals surface area contributed by atoms with Crippen LogP contribution in [0.15, 0.2) is 48.9 Å². The number of nitrogens with one attached hydrogen (secondary N) is 1. The van der Waals surface area contributed by atoms with Crippen molar-refractivity contribution in [1.29, 1.82) is 0 Å². The third kappa shape index (κ3) is 5.78. The molecular weight excluding hydrogens is 476 g/mol. The van der Waals surface area contributed by atoms with Crippen LogP contribution in [0.5, 0.6) is 23.1 Å². The van der Waals surface area contributed by atoms with Crippen LogP contribution < -0.4 is 19.5 Å². The van der Waals surface area contributed by atoms with Gasteiger partial charge in [0, 0.05) is 24.4 Å². The topological polar surface area (TPSA) is 123 Å². The van der Waals surface area contributed by atoms with Gasteiger partial charge in [-0.05, 0) is 36.2 Å². The van der Waals surface area contributed by atoms with Crippen LogP contribution in [0.1, 0.15) is 31.9 Å². The molecule has 1 aliphatic heterocycles. The molecule has 11 nitrogen and oxygen atoms in total. The Bertz CT molecular complexity index is 1380. The Morgan fingerprint density at radius 2 is 2.03 bits per heavy atom. The number of methoxy groups -OCH3 is 1. The van der Waals surface area contributed by atoms with E-state index in [-0.39, 0.29) is 24.5 Å². The monoisotopic (exact) mass is 504 g/mol. The van der Waals surface area contributed by atoms with E-state index < -0.39 is 0 Å². The number of amides is 1. The summed E-state index contributed by atoms with van der Waals surface area (Å²) in [6.45, 7) is 5.36. The second-order valence-electron chi connectivity index (χ2n) is 8.97. The van der Waals surface area contributed by atoms with Crippen molar-refractivity contribution in [3.8, 4) is 23.1 Å². The second kappa shape index (κ2) is 10.8. The van der Waals surface area contributed by atoms with E-state index in [0.29, 0.717) is 52.9 Å². The fraction of sp³-hybridized carbons (Fsp3) is 0.346. The van der Waals surface area contributed by atoms with Gasteiger partial charge in [-0.2, -0.15) is 0 Å². The van der Waals surface area contributed by atoms with Gasteiger partial charge >= 0.3 is 0 Å². The molecule has 37 heavy (non-hydrogen) atoms. The molecule has 2 aromatic carbocycles. The summed E-state index contributed by atoms with van der Waals surface area (Å²) < 4.78 is 24.6. The molecular formula is C26H28N6O5. The summed E-state index contributed by atoms with van der Waals surface area (Å²) >= 11 is 0. The molecule has 0 bridgehead atoms. The Balaban J connectivity index is 1.27. The number of carbonyl (C=O) groups excluding carboxylic acids is 1. The maximum absolute atomic E-state index is 12.4. The van der Waals surface area contributed by atoms with Gasteiger partial charge in [-0.15, -0.1) is 5.10 Å². The third-order valence-electron chi connectivity index (χ3n) is 5.87. The minimum atomic E-state index is -0.204. The zero-order chi connectivity index (χ0) is 25.8. The van der Waals surface area contributed by atoms with Crippen molar-refractivity contribution in [3.05, 3.63) is 54.6 Å². The first kappa shape index (κ1) is 24.4. The first-order valence-corrected chi connectivity index (χ1v) is 12.0. The van der Waals surface area contributed by atoms with E-state index in [4.69, 9.17) is 18.9 Å². The van der Waals surface area contributed by atoms with E-state index in [2.05, 4.69) is 25.6 Å². The summed E-state index contributed by atoms with van der Waals surface area (Å²) in [7, 11) is 1.59. The van der Waals surface area contributed by atoms with Crippen molar-refractivity contribution in [2.45, 2.75) is 38.8 Å². The summed E-state index contributed by atoms with van der Waals surface area (Å²) in [5.41, 5.74) is 2.14. The van der Waals surface area contributed by atoms with Gasteiger partial charge in [-0.3, -0.25) is 4.79 Å². The molecule has 0 radical (unpaired) electrons. The SMILES string of the molecule is COc1cc2c(Oc3ccc(NC(=O)Cn4cc(C(C)C)nn4)cc3)ncnc2cc1O[C@@H]1CCOC1. The van der Waals surface area contributed by atoms with Crippen LogP contribution in [0.2, 0.25) is 0 Å². The molecule has 192 valence electrons. The number of ether oxygens (including phenoxy) is 4. The number of fused-ring (bicyclic) bond motifs is 1. The van der Waals surface area contributed by atoms with Crippen LogP contribution in [0, 0.1) is 0 Å². The summed E-state index contributed by atoms with van der Waals surface area (Å²) in [4.78, 5) is 21.1. The van der Waals surface area contributed by atoms with Crippen LogP contribution in [0.3, 0.4) is 0 Å². The standard InChI is InChI=1S/C26H28N6O5/c1-16(2)22-12-32(31-30-22)13-25(33)29-17-4-6-18(7-5-17)37-26-20-10-23(34-3)24(11-21(20)27-15-28-26)36-19-8-9-35-14-19/h4-7,10-12,15-16,19H,8-9,13-14H2,1-3H3,(H,29,33)/t19-/m1/s1. The molecule has 1 amide bonds. The van der Waals surface area contributed by atoms with Crippen molar-refractivity contribution >= 4 is 22.5 Å². The highest BCUT2D eigenvalue weighted by Crippen LogP contribution is 2.37. The first-order valence-electron chi connectivity index (χ1n) is 12.0. The van der Waals surface area contributed by atoms with E-state index in [1.54, 1.807) is 43.6 Å². The fourth-order valence-electron chi connectivity index (χ4n) is 3.88. The van der Waals surface area contributed by atoms with Crippen molar-refractivity contribution in [3.63, 3.8) is 0 Å². The second-order valence-corrected chi connectivity index (χ2v) is 8.97. The summed E-state index contributed by atoms with van der Waals surface area (Å²) in [5.74, 6) is 2.14. The highest BCUT2D eigenvalue weighted by Gasteiger charge is 2.20. The number of nitrogens with zero attached hydrogens (tertiary/aromatic N) is 5. The van der Waals surface area contributed by atoms with Crippen molar-refractivity contribution in [2.24, 2.45) is 0 Å². The Hall–Kier alpha value is -4.25. The molecule has 11 heteroatoms. The lowest BCUT2D eigenvalue weighted by molar-refractivity contribution is -0.116. The molecule has 2 aromatic heterocycles. The van der Waals surface area contributed by atoms with Crippen LogP contribution in [0.25, 0.3) is 10.9 Å². The molecule has 0 saturated carbocycles. The number of carbonyl (C=O) groups is 1. The van der Waals surface area contributed by atoms with Gasteiger partial charge in [0.25, 0.3) is 0 Å². The number of hydrogen-bond donors (Lipinski definition) is 1. The summed E-state index contributed by atoms with van der Waals surface area (Å²) in [6.07, 6.45) is 4.03. The quantitative estimate of drug-likeness (QED) is 0.361. The smallest absolute Gasteiger partial charge is 0.246 e. The van der Waals surface area contributed by atoms with Crippen molar-refractivity contribution in [1.82, 2.24) is 25.0 Å². The molecule has 1 atom stereocenters. The lowest BCUT2D eigenvalue weighted by Gasteiger charge is -2.16. The zero-order valence-electron chi connectivity index (χ0n) is 20.9. The van der Waals surface area contributed by atoms with E-state index in [1.807, 2.05) is 19.9 Å². The Labute approximate surface area is 213 Å². The van der Waals surface area contributed by atoms with E-state index in [9.17, 15) is 4.79 Å². The molecule has 0 spiro atoms. The third-order valence-corrected chi connectivity index (χ3v) is 5.87. The number of hydrogen-bond acceptors (Lipinski definition) is 9. The van der Waals surface area contributed by atoms with Crippen LogP contribution in [-0.2, 0) is 16.1 Å². The Morgan fingerprint density at radius 3 is 2.73 bits per heavy atom. The minimum absolute atomic E-state index is 0.0170. The summed E-state index contributed by atoms with van der Waals surface area (Å²) in [5, 5.41) is 11.6. The normalized spacial score (nSPS) is 15.2. The molecule has 1 saturated heterocycles. The summed E-state index contributed by atoms with van der Waals surface area (Å²) in [6, 6.07) is 10.6. The van der Waals surface area contributed by atoms with Crippen LogP contribution in [0.4, 0.5) is 5.69 Å². The number of rotatable bonds is 9. The molecule has 0 unspecified atom stereocenters. The average Bonchev–Trinajstić information content (AvgIpc) is 3.57. The molecule has 4 aromatic rings. The lowest BCUT2D eigenvalue weighted by Crippen LogP contribution is -2.19. The van der Waals surface area contributed by atoms with Gasteiger partial charge in [-0.25, -0.2) is 14.6 Å².